The van der Waals surface area contributed by atoms with Crippen molar-refractivity contribution in [3.05, 3.63) is 28.3 Å². The van der Waals surface area contributed by atoms with Crippen molar-refractivity contribution in [3.63, 3.8) is 0 Å². The number of benzene rings is 1. The van der Waals surface area contributed by atoms with E-state index in [0.717, 1.165) is 18.9 Å². The molecule has 0 atom stereocenters. The van der Waals surface area contributed by atoms with Gasteiger partial charge in [0.1, 0.15) is 4.90 Å². The zero-order valence-electron chi connectivity index (χ0n) is 13.9. The molecule has 1 saturated heterocycles. The third kappa shape index (κ3) is 4.03. The molecule has 0 bridgehead atoms. The van der Waals surface area contributed by atoms with Gasteiger partial charge in [-0.2, -0.15) is 4.31 Å². The summed E-state index contributed by atoms with van der Waals surface area (Å²) < 4.78 is 32.4. The Kier molecular flexibility index (Phi) is 6.14. The predicted octanol–water partition coefficient (Wildman–Crippen LogP) is 2.22. The van der Waals surface area contributed by atoms with E-state index < -0.39 is 14.9 Å². The number of non-ortho nitro benzene ring substituents is 1. The minimum atomic E-state index is -3.82. The average Bonchev–Trinajstić information content (AvgIpc) is 2.60. The minimum Gasteiger partial charge on any atom is -0.381 e. The lowest BCUT2D eigenvalue weighted by Crippen LogP contribution is -2.41. The van der Waals surface area contributed by atoms with Crippen LogP contribution in [-0.2, 0) is 14.8 Å². The van der Waals surface area contributed by atoms with E-state index in [0.29, 0.717) is 18.9 Å². The fourth-order valence-electron chi connectivity index (χ4n) is 2.60. The van der Waals surface area contributed by atoms with Crippen molar-refractivity contribution in [3.8, 4) is 0 Å². The first-order valence-corrected chi connectivity index (χ1v) is 9.47. The Hall–Kier alpha value is -1.71. The third-order valence-corrected chi connectivity index (χ3v) is 6.05. The zero-order valence-corrected chi connectivity index (χ0v) is 14.7. The second-order valence-corrected chi connectivity index (χ2v) is 7.52. The zero-order chi connectivity index (χ0) is 17.7. The van der Waals surface area contributed by atoms with Crippen molar-refractivity contribution < 1.29 is 18.1 Å². The second-order valence-electron chi connectivity index (χ2n) is 5.61. The van der Waals surface area contributed by atoms with E-state index in [1.165, 1.54) is 16.4 Å². The molecule has 1 aromatic rings. The maximum atomic E-state index is 12.9. The summed E-state index contributed by atoms with van der Waals surface area (Å²) in [6.07, 6.45) is 1.65. The molecule has 1 fully saturated rings. The van der Waals surface area contributed by atoms with Gasteiger partial charge in [0.15, 0.2) is 0 Å². The number of nitro benzene ring substituents is 1. The van der Waals surface area contributed by atoms with Crippen LogP contribution in [-0.4, -0.2) is 50.0 Å². The molecule has 0 aliphatic carbocycles. The van der Waals surface area contributed by atoms with Gasteiger partial charge in [0, 0.05) is 31.3 Å². The van der Waals surface area contributed by atoms with Gasteiger partial charge < -0.3 is 10.1 Å². The van der Waals surface area contributed by atoms with E-state index in [1.807, 2.05) is 13.8 Å². The molecular formula is C15H23N3O5S. The predicted molar refractivity (Wildman–Crippen MR) is 90.7 cm³/mol. The van der Waals surface area contributed by atoms with Gasteiger partial charge in [-0.1, -0.05) is 13.8 Å². The van der Waals surface area contributed by atoms with Crippen LogP contribution in [0.5, 0.6) is 0 Å². The number of nitrogens with zero attached hydrogens (tertiary/aromatic N) is 2. The quantitative estimate of drug-likeness (QED) is 0.593. The molecule has 0 unspecified atom stereocenters. The summed E-state index contributed by atoms with van der Waals surface area (Å²) in [5.41, 5.74) is 0.165. The number of morpholine rings is 1. The van der Waals surface area contributed by atoms with E-state index >= 15 is 0 Å². The summed E-state index contributed by atoms with van der Waals surface area (Å²) in [4.78, 5) is 10.4. The van der Waals surface area contributed by atoms with Gasteiger partial charge in [-0.15, -0.1) is 0 Å². The van der Waals surface area contributed by atoms with Gasteiger partial charge in [0.2, 0.25) is 10.0 Å². The third-order valence-electron chi connectivity index (χ3n) is 4.11. The minimum absolute atomic E-state index is 0.0505. The molecule has 9 heteroatoms. The number of rotatable bonds is 7. The highest BCUT2D eigenvalue weighted by Gasteiger charge is 2.30. The Labute approximate surface area is 142 Å². The van der Waals surface area contributed by atoms with E-state index in [1.54, 1.807) is 0 Å². The number of anilines is 1. The van der Waals surface area contributed by atoms with E-state index in [-0.39, 0.29) is 29.7 Å². The van der Waals surface area contributed by atoms with E-state index in [4.69, 9.17) is 4.74 Å². The van der Waals surface area contributed by atoms with Crippen LogP contribution in [0.15, 0.2) is 23.1 Å². The van der Waals surface area contributed by atoms with Crippen LogP contribution >= 0.6 is 0 Å². The largest absolute Gasteiger partial charge is 0.381 e. The molecule has 8 nitrogen and oxygen atoms in total. The normalized spacial score (nSPS) is 16.3. The first-order chi connectivity index (χ1) is 11.4. The van der Waals surface area contributed by atoms with Crippen LogP contribution in [0.3, 0.4) is 0 Å². The molecule has 0 amide bonds. The average molecular weight is 357 g/mol. The molecule has 0 saturated carbocycles. The summed E-state index contributed by atoms with van der Waals surface area (Å²) in [6.45, 7) is 5.14. The lowest BCUT2D eigenvalue weighted by Gasteiger charge is -2.27. The first kappa shape index (κ1) is 18.6. The van der Waals surface area contributed by atoms with Crippen molar-refractivity contribution in [2.75, 3.05) is 31.6 Å². The fraction of sp³-hybridized carbons (Fsp3) is 0.600. The van der Waals surface area contributed by atoms with Crippen LogP contribution < -0.4 is 5.32 Å². The monoisotopic (exact) mass is 357 g/mol. The molecule has 2 rings (SSSR count). The highest BCUT2D eigenvalue weighted by molar-refractivity contribution is 7.89. The molecule has 1 N–H and O–H groups in total. The Morgan fingerprint density at radius 2 is 1.92 bits per heavy atom. The smallest absolute Gasteiger partial charge is 0.270 e. The molecule has 1 aliphatic heterocycles. The van der Waals surface area contributed by atoms with Gasteiger partial charge in [-0.05, 0) is 18.9 Å². The van der Waals surface area contributed by atoms with Crippen LogP contribution in [0.1, 0.15) is 26.7 Å². The number of ether oxygens (including phenoxy) is 1. The van der Waals surface area contributed by atoms with Gasteiger partial charge in [-0.3, -0.25) is 10.1 Å². The molecule has 1 heterocycles. The van der Waals surface area contributed by atoms with Gasteiger partial charge in [-0.25, -0.2) is 8.42 Å². The lowest BCUT2D eigenvalue weighted by atomic mass is 10.1. The lowest BCUT2D eigenvalue weighted by molar-refractivity contribution is -0.385. The second kappa shape index (κ2) is 7.91. The maximum Gasteiger partial charge on any atom is 0.270 e. The van der Waals surface area contributed by atoms with Gasteiger partial charge >= 0.3 is 0 Å². The number of sulfonamides is 1. The standard InChI is InChI=1S/C15H23N3O5S/c1-3-12(4-2)16-14-6-5-13(18(19)20)11-15(14)24(21,22)17-7-9-23-10-8-17/h5-6,11-12,16H,3-4,7-10H2,1-2H3. The molecule has 24 heavy (non-hydrogen) atoms. The Balaban J connectivity index is 2.46. The van der Waals surface area contributed by atoms with Crippen LogP contribution in [0, 0.1) is 10.1 Å². The SMILES string of the molecule is CCC(CC)Nc1ccc([N+](=O)[O-])cc1S(=O)(=O)N1CCOCC1. The Bertz CT molecular complexity index is 682. The summed E-state index contributed by atoms with van der Waals surface area (Å²) >= 11 is 0. The highest BCUT2D eigenvalue weighted by Crippen LogP contribution is 2.30. The molecule has 0 spiro atoms. The molecule has 1 aliphatic rings. The van der Waals surface area contributed by atoms with E-state index in [2.05, 4.69) is 5.32 Å². The first-order valence-electron chi connectivity index (χ1n) is 8.03. The number of nitrogens with one attached hydrogen (secondary N) is 1. The van der Waals surface area contributed by atoms with Crippen molar-refractivity contribution in [1.29, 1.82) is 0 Å². The van der Waals surface area contributed by atoms with Crippen molar-refractivity contribution in [2.45, 2.75) is 37.6 Å². The topological polar surface area (TPSA) is 102 Å². The molecule has 0 aromatic heterocycles. The van der Waals surface area contributed by atoms with Crippen LogP contribution in [0.2, 0.25) is 0 Å². The van der Waals surface area contributed by atoms with Crippen LogP contribution in [0.25, 0.3) is 0 Å². The number of hydrogen-bond donors (Lipinski definition) is 1. The van der Waals surface area contributed by atoms with Crippen molar-refractivity contribution >= 4 is 21.4 Å². The van der Waals surface area contributed by atoms with Crippen molar-refractivity contribution in [2.24, 2.45) is 0 Å². The summed E-state index contributed by atoms with van der Waals surface area (Å²) in [5.74, 6) is 0. The maximum absolute atomic E-state index is 12.9. The van der Waals surface area contributed by atoms with E-state index in [9.17, 15) is 18.5 Å². The number of hydrogen-bond acceptors (Lipinski definition) is 6. The highest BCUT2D eigenvalue weighted by atomic mass is 32.2. The summed E-state index contributed by atoms with van der Waals surface area (Å²) in [7, 11) is -3.82. The van der Waals surface area contributed by atoms with Crippen molar-refractivity contribution in [1.82, 2.24) is 4.31 Å². The summed E-state index contributed by atoms with van der Waals surface area (Å²) in [5, 5.41) is 14.3. The Morgan fingerprint density at radius 1 is 1.29 bits per heavy atom. The molecule has 0 radical (unpaired) electrons. The van der Waals surface area contributed by atoms with Gasteiger partial charge in [0.25, 0.3) is 5.69 Å². The fourth-order valence-corrected chi connectivity index (χ4v) is 4.18. The summed E-state index contributed by atoms with van der Waals surface area (Å²) in [6, 6.07) is 4.03. The Morgan fingerprint density at radius 3 is 2.46 bits per heavy atom. The van der Waals surface area contributed by atoms with Crippen LogP contribution in [0.4, 0.5) is 11.4 Å². The molecule has 1 aromatic carbocycles. The molecular weight excluding hydrogens is 334 g/mol. The molecule has 134 valence electrons. The number of nitro groups is 1. The van der Waals surface area contributed by atoms with Gasteiger partial charge in [0.05, 0.1) is 23.8 Å².